The highest BCUT2D eigenvalue weighted by Crippen LogP contribution is 2.47. The number of ether oxygens (including phenoxy) is 1. The third-order valence-electron chi connectivity index (χ3n) is 4.92. The Labute approximate surface area is 134 Å². The summed E-state index contributed by atoms with van der Waals surface area (Å²) in [6.45, 7) is 3.77. The summed E-state index contributed by atoms with van der Waals surface area (Å²) in [5, 5.41) is 4.40. The molecule has 0 heterocycles. The van der Waals surface area contributed by atoms with Gasteiger partial charge in [-0.05, 0) is 63.8 Å². The fraction of sp³-hybridized carbons (Fsp3) is 0.667. The van der Waals surface area contributed by atoms with Gasteiger partial charge in [0.1, 0.15) is 0 Å². The maximum absolute atomic E-state index is 6.04. The molecule has 2 nitrogen and oxygen atoms in total. The predicted octanol–water partition coefficient (Wildman–Crippen LogP) is 4.56. The van der Waals surface area contributed by atoms with Crippen LogP contribution >= 0.6 is 11.6 Å². The summed E-state index contributed by atoms with van der Waals surface area (Å²) in [7, 11) is 2.10. The van der Waals surface area contributed by atoms with Gasteiger partial charge < -0.3 is 10.1 Å². The summed E-state index contributed by atoms with van der Waals surface area (Å²) in [4.78, 5) is 0. The minimum atomic E-state index is 0.310. The molecule has 0 aromatic heterocycles. The van der Waals surface area contributed by atoms with Crippen molar-refractivity contribution < 1.29 is 4.74 Å². The fourth-order valence-electron chi connectivity index (χ4n) is 3.57. The van der Waals surface area contributed by atoms with Gasteiger partial charge in [-0.1, -0.05) is 30.2 Å². The molecule has 1 unspecified atom stereocenters. The third-order valence-corrected chi connectivity index (χ3v) is 5.17. The first kappa shape index (κ1) is 16.8. The highest BCUT2D eigenvalue weighted by molar-refractivity contribution is 6.30. The molecular formula is C18H28ClNO. The zero-order valence-corrected chi connectivity index (χ0v) is 14.1. The molecule has 0 amide bonds. The first-order valence-corrected chi connectivity index (χ1v) is 8.62. The van der Waals surface area contributed by atoms with E-state index in [1.165, 1.54) is 37.7 Å². The van der Waals surface area contributed by atoms with Crippen LogP contribution in [0.2, 0.25) is 5.02 Å². The van der Waals surface area contributed by atoms with E-state index in [0.29, 0.717) is 11.5 Å². The standard InChI is InChI=1S/C18H28ClNO/c1-3-21-14-5-4-7-17(20-2)18(12-6-13-18)15-8-10-16(19)11-9-15/h8-11,17,20H,3-7,12-14H2,1-2H3. The van der Waals surface area contributed by atoms with E-state index in [4.69, 9.17) is 16.3 Å². The van der Waals surface area contributed by atoms with Crippen LogP contribution in [0.5, 0.6) is 0 Å². The molecule has 1 aliphatic rings. The molecule has 1 saturated carbocycles. The molecule has 21 heavy (non-hydrogen) atoms. The Morgan fingerprint density at radius 2 is 1.95 bits per heavy atom. The van der Waals surface area contributed by atoms with E-state index in [0.717, 1.165) is 24.7 Å². The van der Waals surface area contributed by atoms with E-state index in [-0.39, 0.29) is 0 Å². The molecule has 0 spiro atoms. The van der Waals surface area contributed by atoms with Crippen LogP contribution in [0.15, 0.2) is 24.3 Å². The monoisotopic (exact) mass is 309 g/mol. The van der Waals surface area contributed by atoms with Gasteiger partial charge in [-0.2, -0.15) is 0 Å². The van der Waals surface area contributed by atoms with Crippen molar-refractivity contribution in [3.05, 3.63) is 34.9 Å². The van der Waals surface area contributed by atoms with Crippen molar-refractivity contribution in [3.63, 3.8) is 0 Å². The summed E-state index contributed by atoms with van der Waals surface area (Å²) >= 11 is 6.04. The van der Waals surface area contributed by atoms with Crippen LogP contribution in [0, 0.1) is 0 Å². The quantitative estimate of drug-likeness (QED) is 0.675. The maximum Gasteiger partial charge on any atom is 0.0465 e. The van der Waals surface area contributed by atoms with Gasteiger partial charge in [0.15, 0.2) is 0 Å². The van der Waals surface area contributed by atoms with Gasteiger partial charge in [0, 0.05) is 29.7 Å². The number of rotatable bonds is 9. The summed E-state index contributed by atoms with van der Waals surface area (Å²) in [5.74, 6) is 0. The van der Waals surface area contributed by atoms with Crippen LogP contribution in [0.4, 0.5) is 0 Å². The summed E-state index contributed by atoms with van der Waals surface area (Å²) < 4.78 is 5.44. The van der Waals surface area contributed by atoms with Crippen molar-refractivity contribution in [1.82, 2.24) is 5.32 Å². The Kier molecular flexibility index (Phi) is 6.53. The second-order valence-corrected chi connectivity index (χ2v) is 6.49. The lowest BCUT2D eigenvalue weighted by molar-refractivity contribution is 0.134. The lowest BCUT2D eigenvalue weighted by atomic mass is 9.59. The molecule has 0 radical (unpaired) electrons. The number of likely N-dealkylation sites (N-methyl/N-ethyl adjacent to an activating group) is 1. The second-order valence-electron chi connectivity index (χ2n) is 6.05. The molecule has 3 heteroatoms. The zero-order chi connectivity index (χ0) is 15.1. The van der Waals surface area contributed by atoms with Crippen LogP contribution < -0.4 is 5.32 Å². The number of nitrogens with one attached hydrogen (secondary N) is 1. The number of benzene rings is 1. The van der Waals surface area contributed by atoms with Gasteiger partial charge in [0.05, 0.1) is 0 Å². The molecule has 0 saturated heterocycles. The molecule has 0 bridgehead atoms. The largest absolute Gasteiger partial charge is 0.382 e. The van der Waals surface area contributed by atoms with E-state index in [1.807, 2.05) is 12.1 Å². The van der Waals surface area contributed by atoms with Crippen molar-refractivity contribution in [2.45, 2.75) is 56.9 Å². The van der Waals surface area contributed by atoms with Crippen LogP contribution in [0.1, 0.15) is 51.0 Å². The van der Waals surface area contributed by atoms with Crippen molar-refractivity contribution in [2.24, 2.45) is 0 Å². The molecule has 1 atom stereocenters. The van der Waals surface area contributed by atoms with Gasteiger partial charge in [0.25, 0.3) is 0 Å². The van der Waals surface area contributed by atoms with Gasteiger partial charge in [-0.25, -0.2) is 0 Å². The van der Waals surface area contributed by atoms with E-state index in [2.05, 4.69) is 31.4 Å². The average Bonchev–Trinajstić information content (AvgIpc) is 2.45. The highest BCUT2D eigenvalue weighted by Gasteiger charge is 2.44. The number of hydrogen-bond acceptors (Lipinski definition) is 2. The zero-order valence-electron chi connectivity index (χ0n) is 13.3. The molecule has 1 fully saturated rings. The first-order chi connectivity index (χ1) is 10.2. The highest BCUT2D eigenvalue weighted by atomic mass is 35.5. The lowest BCUT2D eigenvalue weighted by Gasteiger charge is -2.48. The Bertz CT molecular complexity index is 414. The van der Waals surface area contributed by atoms with E-state index in [9.17, 15) is 0 Å². The second kappa shape index (κ2) is 8.17. The Morgan fingerprint density at radius 3 is 2.48 bits per heavy atom. The summed E-state index contributed by atoms with van der Waals surface area (Å²) in [6, 6.07) is 9.03. The van der Waals surface area contributed by atoms with Crippen LogP contribution in [0.25, 0.3) is 0 Å². The average molecular weight is 310 g/mol. The maximum atomic E-state index is 6.04. The summed E-state index contributed by atoms with van der Waals surface area (Å²) in [5.41, 5.74) is 1.76. The Balaban J connectivity index is 1.98. The molecular weight excluding hydrogens is 282 g/mol. The first-order valence-electron chi connectivity index (χ1n) is 8.24. The minimum absolute atomic E-state index is 0.310. The van der Waals surface area contributed by atoms with E-state index in [1.54, 1.807) is 0 Å². The molecule has 1 N–H and O–H groups in total. The molecule has 1 aromatic rings. The van der Waals surface area contributed by atoms with Crippen LogP contribution in [-0.4, -0.2) is 26.3 Å². The summed E-state index contributed by atoms with van der Waals surface area (Å²) in [6.07, 6.45) is 7.49. The van der Waals surface area contributed by atoms with E-state index < -0.39 is 0 Å². The molecule has 1 aliphatic carbocycles. The number of halogens is 1. The predicted molar refractivity (Wildman–Crippen MR) is 90.2 cm³/mol. The van der Waals surface area contributed by atoms with Crippen molar-refractivity contribution in [3.8, 4) is 0 Å². The van der Waals surface area contributed by atoms with E-state index >= 15 is 0 Å². The fourth-order valence-corrected chi connectivity index (χ4v) is 3.70. The Hall–Kier alpha value is -0.570. The van der Waals surface area contributed by atoms with Gasteiger partial charge in [-0.3, -0.25) is 0 Å². The van der Waals surface area contributed by atoms with Crippen molar-refractivity contribution in [2.75, 3.05) is 20.3 Å². The molecule has 1 aromatic carbocycles. The SMILES string of the molecule is CCOCCCCC(NC)C1(c2ccc(Cl)cc2)CCC1. The van der Waals surface area contributed by atoms with Crippen LogP contribution in [0.3, 0.4) is 0 Å². The molecule has 118 valence electrons. The normalized spacial score (nSPS) is 18.2. The van der Waals surface area contributed by atoms with Gasteiger partial charge in [0.2, 0.25) is 0 Å². The third kappa shape index (κ3) is 4.00. The molecule has 0 aliphatic heterocycles. The van der Waals surface area contributed by atoms with Gasteiger partial charge >= 0.3 is 0 Å². The topological polar surface area (TPSA) is 21.3 Å². The minimum Gasteiger partial charge on any atom is -0.382 e. The smallest absolute Gasteiger partial charge is 0.0465 e. The lowest BCUT2D eigenvalue weighted by Crippen LogP contribution is -2.51. The van der Waals surface area contributed by atoms with Gasteiger partial charge in [-0.15, -0.1) is 0 Å². The van der Waals surface area contributed by atoms with Crippen molar-refractivity contribution in [1.29, 1.82) is 0 Å². The number of hydrogen-bond donors (Lipinski definition) is 1. The number of unbranched alkanes of at least 4 members (excludes halogenated alkanes) is 1. The van der Waals surface area contributed by atoms with Crippen molar-refractivity contribution >= 4 is 11.6 Å². The Morgan fingerprint density at radius 1 is 1.24 bits per heavy atom. The van der Waals surface area contributed by atoms with Crippen LogP contribution in [-0.2, 0) is 10.2 Å². The molecule has 2 rings (SSSR count).